The highest BCUT2D eigenvalue weighted by atomic mass is 16.5. The molecular weight excluding hydrogens is 406 g/mol. The van der Waals surface area contributed by atoms with E-state index in [1.54, 1.807) is 11.1 Å². The number of carbonyl (C=O) groups is 2. The maximum absolute atomic E-state index is 12.7. The van der Waals surface area contributed by atoms with Gasteiger partial charge in [0.05, 0.1) is 36.6 Å². The fourth-order valence-corrected chi connectivity index (χ4v) is 3.76. The standard InChI is InChI=1S/C24H29N5O3/c1-18-16-28(17-19(2)32-18)22-10-9-20(15-26-22)27-23(30)11-12-24(31)29(14-6-13-25)21-7-4-3-5-8-21/h3-5,7-10,15,18-19H,6,11-12,14,16-17H2,1-2H3,(H,27,30). The summed E-state index contributed by atoms with van der Waals surface area (Å²) in [6.07, 6.45) is 2.24. The molecule has 2 heterocycles. The van der Waals surface area contributed by atoms with Crippen molar-refractivity contribution in [2.75, 3.05) is 34.8 Å². The molecule has 2 unspecified atom stereocenters. The Bertz CT molecular complexity index is 932. The van der Waals surface area contributed by atoms with Crippen LogP contribution in [0.15, 0.2) is 48.7 Å². The number of benzene rings is 1. The Morgan fingerprint density at radius 1 is 1.16 bits per heavy atom. The fraction of sp³-hybridized carbons (Fsp3) is 0.417. The van der Waals surface area contributed by atoms with E-state index in [2.05, 4.69) is 21.3 Å². The van der Waals surface area contributed by atoms with Gasteiger partial charge in [-0.05, 0) is 38.1 Å². The summed E-state index contributed by atoms with van der Waals surface area (Å²) in [6.45, 7) is 5.92. The van der Waals surface area contributed by atoms with Gasteiger partial charge in [0.2, 0.25) is 11.8 Å². The molecule has 32 heavy (non-hydrogen) atoms. The molecule has 0 aliphatic carbocycles. The van der Waals surface area contributed by atoms with E-state index < -0.39 is 0 Å². The van der Waals surface area contributed by atoms with Crippen LogP contribution in [0.25, 0.3) is 0 Å². The number of nitrogens with zero attached hydrogens (tertiary/aromatic N) is 4. The quantitative estimate of drug-likeness (QED) is 0.683. The van der Waals surface area contributed by atoms with Crippen LogP contribution in [0, 0.1) is 11.3 Å². The van der Waals surface area contributed by atoms with Crippen LogP contribution in [0.4, 0.5) is 17.2 Å². The number of hydrogen-bond acceptors (Lipinski definition) is 6. The summed E-state index contributed by atoms with van der Waals surface area (Å²) in [6, 6.07) is 14.9. The van der Waals surface area contributed by atoms with E-state index in [4.69, 9.17) is 10.00 Å². The van der Waals surface area contributed by atoms with Gasteiger partial charge >= 0.3 is 0 Å². The Hall–Kier alpha value is -3.44. The van der Waals surface area contributed by atoms with Crippen LogP contribution in [0.3, 0.4) is 0 Å². The monoisotopic (exact) mass is 435 g/mol. The van der Waals surface area contributed by atoms with Crippen molar-refractivity contribution in [2.45, 2.75) is 45.3 Å². The zero-order valence-corrected chi connectivity index (χ0v) is 18.5. The van der Waals surface area contributed by atoms with Crippen molar-refractivity contribution < 1.29 is 14.3 Å². The molecule has 0 saturated carbocycles. The molecule has 1 N–H and O–H groups in total. The van der Waals surface area contributed by atoms with Crippen molar-refractivity contribution in [2.24, 2.45) is 0 Å². The molecule has 0 radical (unpaired) electrons. The molecule has 168 valence electrons. The summed E-state index contributed by atoms with van der Waals surface area (Å²) in [4.78, 5) is 33.3. The molecule has 1 aliphatic rings. The van der Waals surface area contributed by atoms with Crippen LogP contribution in [0.2, 0.25) is 0 Å². The van der Waals surface area contributed by atoms with Gasteiger partial charge in [0.15, 0.2) is 0 Å². The second-order valence-electron chi connectivity index (χ2n) is 7.90. The van der Waals surface area contributed by atoms with Gasteiger partial charge in [0, 0.05) is 38.2 Å². The zero-order valence-electron chi connectivity index (χ0n) is 18.5. The Morgan fingerprint density at radius 2 is 1.88 bits per heavy atom. The number of nitrogens with one attached hydrogen (secondary N) is 1. The molecule has 2 aromatic rings. The Morgan fingerprint density at radius 3 is 2.50 bits per heavy atom. The molecule has 2 amide bonds. The minimum Gasteiger partial charge on any atom is -0.372 e. The van der Waals surface area contributed by atoms with E-state index in [-0.39, 0.29) is 43.3 Å². The first-order valence-corrected chi connectivity index (χ1v) is 10.8. The normalized spacial score (nSPS) is 18.0. The van der Waals surface area contributed by atoms with Gasteiger partial charge in [-0.1, -0.05) is 18.2 Å². The number of rotatable bonds is 8. The number of amides is 2. The maximum Gasteiger partial charge on any atom is 0.227 e. The van der Waals surface area contributed by atoms with Gasteiger partial charge in [-0.3, -0.25) is 9.59 Å². The predicted octanol–water partition coefficient (Wildman–Crippen LogP) is 3.36. The van der Waals surface area contributed by atoms with Gasteiger partial charge in [-0.15, -0.1) is 0 Å². The Labute approximate surface area is 188 Å². The van der Waals surface area contributed by atoms with E-state index in [1.165, 1.54) is 0 Å². The van der Waals surface area contributed by atoms with Gasteiger partial charge in [-0.25, -0.2) is 4.98 Å². The van der Waals surface area contributed by atoms with Crippen molar-refractivity contribution in [3.8, 4) is 6.07 Å². The highest BCUT2D eigenvalue weighted by Gasteiger charge is 2.23. The van der Waals surface area contributed by atoms with Crippen LogP contribution >= 0.6 is 0 Å². The van der Waals surface area contributed by atoms with Crippen LogP contribution in [-0.2, 0) is 14.3 Å². The van der Waals surface area contributed by atoms with Crippen LogP contribution < -0.4 is 15.1 Å². The van der Waals surface area contributed by atoms with Gasteiger partial charge in [0.25, 0.3) is 0 Å². The second kappa shape index (κ2) is 11.3. The largest absolute Gasteiger partial charge is 0.372 e. The lowest BCUT2D eigenvalue weighted by molar-refractivity contribution is -0.122. The van der Waals surface area contributed by atoms with Crippen LogP contribution in [0.1, 0.15) is 33.1 Å². The summed E-state index contributed by atoms with van der Waals surface area (Å²) in [5, 5.41) is 11.7. The topological polar surface area (TPSA) is 98.6 Å². The molecule has 1 aromatic carbocycles. The lowest BCUT2D eigenvalue weighted by Gasteiger charge is -2.36. The Kier molecular flexibility index (Phi) is 8.17. The summed E-state index contributed by atoms with van der Waals surface area (Å²) in [5.41, 5.74) is 1.31. The molecule has 1 aromatic heterocycles. The molecule has 1 fully saturated rings. The first kappa shape index (κ1) is 23.2. The van der Waals surface area contributed by atoms with Crippen molar-refractivity contribution in [3.05, 3.63) is 48.7 Å². The second-order valence-corrected chi connectivity index (χ2v) is 7.90. The highest BCUT2D eigenvalue weighted by Crippen LogP contribution is 2.20. The fourth-order valence-electron chi connectivity index (χ4n) is 3.76. The van der Waals surface area contributed by atoms with Gasteiger partial charge < -0.3 is 19.9 Å². The van der Waals surface area contributed by atoms with Crippen molar-refractivity contribution in [3.63, 3.8) is 0 Å². The molecule has 8 nitrogen and oxygen atoms in total. The minimum atomic E-state index is -0.255. The van der Waals surface area contributed by atoms with E-state index in [0.717, 1.165) is 24.6 Å². The third-order valence-corrected chi connectivity index (χ3v) is 5.16. The molecule has 2 atom stereocenters. The Balaban J connectivity index is 1.52. The number of aromatic nitrogens is 1. The van der Waals surface area contributed by atoms with Crippen molar-refractivity contribution >= 4 is 29.0 Å². The van der Waals surface area contributed by atoms with E-state index in [1.807, 2.05) is 56.3 Å². The minimum absolute atomic E-state index is 0.0506. The first-order valence-electron chi connectivity index (χ1n) is 10.8. The van der Waals surface area contributed by atoms with Crippen molar-refractivity contribution in [1.29, 1.82) is 5.26 Å². The molecular formula is C24H29N5O3. The number of pyridine rings is 1. The third-order valence-electron chi connectivity index (χ3n) is 5.16. The molecule has 1 saturated heterocycles. The zero-order chi connectivity index (χ0) is 22.9. The smallest absolute Gasteiger partial charge is 0.227 e. The van der Waals surface area contributed by atoms with Gasteiger partial charge in [-0.2, -0.15) is 5.26 Å². The summed E-state index contributed by atoms with van der Waals surface area (Å²) in [7, 11) is 0. The third kappa shape index (κ3) is 6.53. The number of carbonyl (C=O) groups excluding carboxylic acids is 2. The lowest BCUT2D eigenvalue weighted by Crippen LogP contribution is -2.45. The van der Waals surface area contributed by atoms with Gasteiger partial charge in [0.1, 0.15) is 5.82 Å². The SMILES string of the molecule is CC1CN(c2ccc(NC(=O)CCC(=O)N(CCC#N)c3ccccc3)cn2)CC(C)O1. The summed E-state index contributed by atoms with van der Waals surface area (Å²) < 4.78 is 5.75. The van der Waals surface area contributed by atoms with Crippen molar-refractivity contribution in [1.82, 2.24) is 4.98 Å². The first-order chi connectivity index (χ1) is 15.5. The van der Waals surface area contributed by atoms with E-state index in [0.29, 0.717) is 12.2 Å². The lowest BCUT2D eigenvalue weighted by atomic mass is 10.2. The highest BCUT2D eigenvalue weighted by molar-refractivity contribution is 5.98. The molecule has 3 rings (SSSR count). The summed E-state index contributed by atoms with van der Waals surface area (Å²) >= 11 is 0. The number of anilines is 3. The van der Waals surface area contributed by atoms with Crippen LogP contribution in [-0.4, -0.2) is 48.6 Å². The molecule has 0 bridgehead atoms. The molecule has 8 heteroatoms. The summed E-state index contributed by atoms with van der Waals surface area (Å²) in [5.74, 6) is 0.400. The number of hydrogen-bond donors (Lipinski definition) is 1. The average molecular weight is 436 g/mol. The van der Waals surface area contributed by atoms with Crippen LogP contribution in [0.5, 0.6) is 0 Å². The van der Waals surface area contributed by atoms with E-state index >= 15 is 0 Å². The average Bonchev–Trinajstić information content (AvgIpc) is 2.78. The maximum atomic E-state index is 12.7. The van der Waals surface area contributed by atoms with E-state index in [9.17, 15) is 9.59 Å². The number of para-hydroxylation sites is 1. The molecule has 1 aliphatic heterocycles. The predicted molar refractivity (Wildman–Crippen MR) is 123 cm³/mol. The number of nitriles is 1. The number of ether oxygens (including phenoxy) is 1. The molecule has 0 spiro atoms. The number of morpholine rings is 1.